The molecule has 0 heterocycles. The number of ether oxygens (including phenoxy) is 7. The Morgan fingerprint density at radius 2 is 0.493 bits per heavy atom. The van der Waals surface area contributed by atoms with Crippen molar-refractivity contribution in [3.05, 3.63) is 23.0 Å². The molecular weight excluding hydrogens is 881 g/mol. The summed E-state index contributed by atoms with van der Waals surface area (Å²) in [6.45, 7) is 21.2. The van der Waals surface area contributed by atoms with E-state index < -0.39 is 0 Å². The third kappa shape index (κ3) is 44.6. The van der Waals surface area contributed by atoms with Crippen molar-refractivity contribution in [2.24, 2.45) is 0 Å². The molecule has 7 nitrogen and oxygen atoms in total. The maximum Gasteiger partial charge on any atom is 0.162 e. The highest BCUT2D eigenvalue weighted by Crippen LogP contribution is 2.29. The molecule has 0 aromatic heterocycles. The zero-order valence-corrected chi connectivity index (χ0v) is 49.4. The Hall–Kier alpha value is -1.44. The van der Waals surface area contributed by atoms with Crippen LogP contribution >= 0.6 is 0 Å². The molecule has 2 unspecified atom stereocenters. The van der Waals surface area contributed by atoms with Crippen LogP contribution in [0.4, 0.5) is 0 Å². The Morgan fingerprint density at radius 1 is 0.254 bits per heavy atom. The minimum Gasteiger partial charge on any atom is -0.494 e. The van der Waals surface area contributed by atoms with Crippen molar-refractivity contribution in [1.82, 2.24) is 0 Å². The van der Waals surface area contributed by atoms with Gasteiger partial charge in [-0.1, -0.05) is 274 Å². The molecule has 0 N–H and O–H groups in total. The van der Waals surface area contributed by atoms with E-state index in [1.807, 2.05) is 0 Å². The molecule has 71 heavy (non-hydrogen) atoms. The average molecular weight is 1010 g/mol. The van der Waals surface area contributed by atoms with E-state index >= 15 is 0 Å². The lowest BCUT2D eigenvalue weighted by molar-refractivity contribution is -0.167. The molecular formula is C64H126O7. The second-order valence-corrected chi connectivity index (χ2v) is 21.1. The molecule has 0 fully saturated rings. The van der Waals surface area contributed by atoms with Crippen molar-refractivity contribution in [1.29, 1.82) is 0 Å². The van der Waals surface area contributed by atoms with Crippen molar-refractivity contribution in [3.63, 3.8) is 0 Å². The molecule has 0 saturated heterocycles. The molecule has 0 radical (unpaired) electrons. The van der Waals surface area contributed by atoms with E-state index in [1.54, 1.807) is 0 Å². The zero-order chi connectivity index (χ0) is 51.8. The van der Waals surface area contributed by atoms with Crippen LogP contribution in [-0.2, 0) is 33.2 Å². The van der Waals surface area contributed by atoms with Gasteiger partial charge in [-0.25, -0.2) is 0 Å². The summed E-state index contributed by atoms with van der Waals surface area (Å²) in [6.07, 6.45) is 52.8. The van der Waals surface area contributed by atoms with E-state index in [1.165, 1.54) is 180 Å². The van der Waals surface area contributed by atoms with Crippen molar-refractivity contribution < 1.29 is 33.2 Å². The van der Waals surface area contributed by atoms with Crippen LogP contribution in [-0.4, -0.2) is 52.2 Å². The van der Waals surface area contributed by atoms with Gasteiger partial charge in [-0.3, -0.25) is 0 Å². The van der Waals surface area contributed by atoms with Gasteiger partial charge < -0.3 is 33.2 Å². The van der Waals surface area contributed by atoms with Crippen molar-refractivity contribution in [2.45, 2.75) is 350 Å². The van der Waals surface area contributed by atoms with Gasteiger partial charge >= 0.3 is 0 Å². The predicted octanol–water partition coefficient (Wildman–Crippen LogP) is 21.5. The molecule has 7 heteroatoms. The van der Waals surface area contributed by atoms with E-state index in [9.17, 15) is 0 Å². The Balaban J connectivity index is 6.43. The van der Waals surface area contributed by atoms with Gasteiger partial charge in [-0.05, 0) is 51.4 Å². The molecule has 0 aromatic rings. The summed E-state index contributed by atoms with van der Waals surface area (Å²) in [5.41, 5.74) is 0. The first-order valence-corrected chi connectivity index (χ1v) is 31.9. The van der Waals surface area contributed by atoms with Crippen LogP contribution in [0.5, 0.6) is 0 Å². The maximum atomic E-state index is 6.81. The molecule has 0 aromatic carbocycles. The molecule has 2 atom stereocenters. The maximum absolute atomic E-state index is 6.81. The fourth-order valence-corrected chi connectivity index (χ4v) is 9.21. The molecule has 0 saturated carbocycles. The summed E-state index contributed by atoms with van der Waals surface area (Å²) < 4.78 is 46.9. The average Bonchev–Trinajstić information content (AvgIpc) is 3.38. The van der Waals surface area contributed by atoms with Crippen LogP contribution in [0, 0.1) is 0 Å². The molecule has 0 aliphatic carbocycles. The van der Waals surface area contributed by atoms with Gasteiger partial charge in [0.1, 0.15) is 23.7 Å². The van der Waals surface area contributed by atoms with E-state index in [4.69, 9.17) is 33.2 Å². The standard InChI is InChI=1S/C64H126O7/c1-9-17-25-29-33-35-37-39-43-45-49-59(66-53-21-13-5)63(68-55-23-15-7)61(51-47-41-31-27-19-11-3)70-57-65-58-71-62(52-48-42-32-28-20-12-4)64(69-56-24-16-8)60(67-54-22-14-6)50-46-44-40-38-36-34-30-26-18-10-2/h61-62H,9-58H2,1-8H3. The number of hydrogen-bond donors (Lipinski definition) is 0. The summed E-state index contributed by atoms with van der Waals surface area (Å²) in [7, 11) is 0. The minimum atomic E-state index is -0.218. The van der Waals surface area contributed by atoms with Gasteiger partial charge in [-0.15, -0.1) is 0 Å². The van der Waals surface area contributed by atoms with E-state index in [0.29, 0.717) is 13.2 Å². The van der Waals surface area contributed by atoms with Crippen molar-refractivity contribution >= 4 is 0 Å². The Bertz CT molecular complexity index is 1020. The molecule has 0 bridgehead atoms. The second-order valence-electron chi connectivity index (χ2n) is 21.1. The summed E-state index contributed by atoms with van der Waals surface area (Å²) in [5, 5.41) is 0. The lowest BCUT2D eigenvalue weighted by atomic mass is 10.0. The first kappa shape index (κ1) is 69.6. The fraction of sp³-hybridized carbons (Fsp3) is 0.938. The predicted molar refractivity (Wildman–Crippen MR) is 307 cm³/mol. The molecule has 0 spiro atoms. The number of rotatable bonds is 60. The normalized spacial score (nSPS) is 13.3. The summed E-state index contributed by atoms with van der Waals surface area (Å²) in [5.74, 6) is 3.86. The van der Waals surface area contributed by atoms with Gasteiger partial charge in [0.25, 0.3) is 0 Å². The highest BCUT2D eigenvalue weighted by atomic mass is 16.7. The topological polar surface area (TPSA) is 64.6 Å². The van der Waals surface area contributed by atoms with Gasteiger partial charge in [0, 0.05) is 12.8 Å². The van der Waals surface area contributed by atoms with Gasteiger partial charge in [0.05, 0.1) is 26.4 Å². The fourth-order valence-electron chi connectivity index (χ4n) is 9.21. The van der Waals surface area contributed by atoms with E-state index in [-0.39, 0.29) is 25.8 Å². The quantitative estimate of drug-likeness (QED) is 0.0342. The Labute approximate surface area is 444 Å². The first-order chi connectivity index (χ1) is 35.1. The molecule has 0 aliphatic heterocycles. The first-order valence-electron chi connectivity index (χ1n) is 31.9. The van der Waals surface area contributed by atoms with Gasteiger partial charge in [0.15, 0.2) is 25.1 Å². The zero-order valence-electron chi connectivity index (χ0n) is 49.4. The van der Waals surface area contributed by atoms with Crippen LogP contribution < -0.4 is 0 Å². The molecule has 0 aliphatic rings. The molecule has 0 amide bonds. The summed E-state index contributed by atoms with van der Waals surface area (Å²) in [6, 6.07) is 0. The lowest BCUT2D eigenvalue weighted by Gasteiger charge is -2.26. The third-order valence-electron chi connectivity index (χ3n) is 14.1. The lowest BCUT2D eigenvalue weighted by Crippen LogP contribution is -2.25. The number of unbranched alkanes of at least 4 members (excludes halogenated alkanes) is 32. The third-order valence-corrected chi connectivity index (χ3v) is 14.1. The second kappa shape index (κ2) is 57.8. The molecule has 424 valence electrons. The number of allylic oxidation sites excluding steroid dienone is 2. The Kier molecular flexibility index (Phi) is 56.7. The molecule has 0 rings (SSSR count). The monoisotopic (exact) mass is 1010 g/mol. The highest BCUT2D eigenvalue weighted by molar-refractivity contribution is 5.09. The minimum absolute atomic E-state index is 0.138. The van der Waals surface area contributed by atoms with Crippen LogP contribution in [0.15, 0.2) is 23.0 Å². The summed E-state index contributed by atoms with van der Waals surface area (Å²) >= 11 is 0. The van der Waals surface area contributed by atoms with Crippen LogP contribution in [0.3, 0.4) is 0 Å². The summed E-state index contributed by atoms with van der Waals surface area (Å²) in [4.78, 5) is 0. The van der Waals surface area contributed by atoms with Crippen molar-refractivity contribution in [2.75, 3.05) is 40.0 Å². The van der Waals surface area contributed by atoms with Gasteiger partial charge in [-0.2, -0.15) is 0 Å². The smallest absolute Gasteiger partial charge is 0.162 e. The van der Waals surface area contributed by atoms with E-state index in [2.05, 4.69) is 55.4 Å². The Morgan fingerprint density at radius 3 is 0.775 bits per heavy atom. The van der Waals surface area contributed by atoms with Crippen LogP contribution in [0.2, 0.25) is 0 Å². The van der Waals surface area contributed by atoms with E-state index in [0.717, 1.165) is 139 Å². The van der Waals surface area contributed by atoms with Gasteiger partial charge in [0.2, 0.25) is 0 Å². The van der Waals surface area contributed by atoms with Crippen LogP contribution in [0.1, 0.15) is 338 Å². The SMILES string of the molecule is CCCCCCCCCCCCC(OCCCC)=C(OCCCC)C(CCCCCCCC)OCOCOC(CCCCCCCC)C(OCCCC)=C(CCCCCCCCCCCC)OCCCC. The van der Waals surface area contributed by atoms with Crippen LogP contribution in [0.25, 0.3) is 0 Å². The van der Waals surface area contributed by atoms with Crippen molar-refractivity contribution in [3.8, 4) is 0 Å². The number of hydrogen-bond acceptors (Lipinski definition) is 7. The highest BCUT2D eigenvalue weighted by Gasteiger charge is 2.25. The largest absolute Gasteiger partial charge is 0.494 e.